The average molecular weight is 303 g/mol. The molecule has 0 saturated carbocycles. The van der Waals surface area contributed by atoms with E-state index in [1.165, 1.54) is 0 Å². The Morgan fingerprint density at radius 3 is 2.58 bits per heavy atom. The van der Waals surface area contributed by atoms with Crippen LogP contribution in [0.3, 0.4) is 0 Å². The molecule has 0 spiro atoms. The van der Waals surface area contributed by atoms with Crippen molar-refractivity contribution in [2.24, 2.45) is 0 Å². The molecule has 2 N–H and O–H groups in total. The van der Waals surface area contributed by atoms with E-state index in [0.29, 0.717) is 29.6 Å². The van der Waals surface area contributed by atoms with Crippen molar-refractivity contribution in [2.75, 3.05) is 13.1 Å². The molecule has 5 heteroatoms. The number of halogens is 2. The lowest BCUT2D eigenvalue weighted by Crippen LogP contribution is -2.29. The van der Waals surface area contributed by atoms with Gasteiger partial charge in [0.1, 0.15) is 0 Å². The fraction of sp³-hybridized carbons (Fsp3) is 0.500. The summed E-state index contributed by atoms with van der Waals surface area (Å²) in [4.78, 5) is 11.4. The van der Waals surface area contributed by atoms with Crippen LogP contribution in [-0.2, 0) is 4.79 Å². The van der Waals surface area contributed by atoms with Crippen LogP contribution in [0.15, 0.2) is 18.2 Å². The number of hydrogen-bond donors (Lipinski definition) is 2. The number of nitrogens with one attached hydrogen (secondary N) is 2. The van der Waals surface area contributed by atoms with Crippen LogP contribution in [0.4, 0.5) is 0 Å². The van der Waals surface area contributed by atoms with E-state index in [1.54, 1.807) is 6.07 Å². The summed E-state index contributed by atoms with van der Waals surface area (Å²) in [6, 6.07) is 5.82. The third kappa shape index (κ3) is 5.39. The van der Waals surface area contributed by atoms with Gasteiger partial charge < -0.3 is 10.6 Å². The molecule has 0 saturated heterocycles. The Labute approximate surface area is 124 Å². The fourth-order valence-corrected chi connectivity index (χ4v) is 2.18. The first kappa shape index (κ1) is 16.3. The first-order chi connectivity index (χ1) is 9.08. The predicted octanol–water partition coefficient (Wildman–Crippen LogP) is 3.56. The topological polar surface area (TPSA) is 41.1 Å². The van der Waals surface area contributed by atoms with Gasteiger partial charge in [-0.25, -0.2) is 0 Å². The van der Waals surface area contributed by atoms with E-state index in [0.717, 1.165) is 12.0 Å². The molecule has 0 aliphatic rings. The van der Waals surface area contributed by atoms with Crippen molar-refractivity contribution >= 4 is 29.1 Å². The molecule has 1 atom stereocenters. The maximum atomic E-state index is 11.4. The van der Waals surface area contributed by atoms with Crippen molar-refractivity contribution in [3.05, 3.63) is 33.8 Å². The van der Waals surface area contributed by atoms with Gasteiger partial charge in [-0.15, -0.1) is 0 Å². The molecule has 0 radical (unpaired) electrons. The molecule has 0 aliphatic heterocycles. The van der Waals surface area contributed by atoms with Crippen molar-refractivity contribution in [3.63, 3.8) is 0 Å². The molecule has 3 nitrogen and oxygen atoms in total. The molecule has 1 aromatic carbocycles. The zero-order chi connectivity index (χ0) is 14.3. The zero-order valence-electron chi connectivity index (χ0n) is 11.3. The Kier molecular flexibility index (Phi) is 7.21. The van der Waals surface area contributed by atoms with Crippen molar-refractivity contribution in [2.45, 2.75) is 32.7 Å². The third-order valence-corrected chi connectivity index (χ3v) is 3.61. The van der Waals surface area contributed by atoms with E-state index >= 15 is 0 Å². The summed E-state index contributed by atoms with van der Waals surface area (Å²) in [7, 11) is 0. The monoisotopic (exact) mass is 302 g/mol. The summed E-state index contributed by atoms with van der Waals surface area (Å²) < 4.78 is 0. The highest BCUT2D eigenvalue weighted by atomic mass is 35.5. The van der Waals surface area contributed by atoms with Gasteiger partial charge in [0, 0.05) is 25.6 Å². The Hall–Kier alpha value is -0.770. The lowest BCUT2D eigenvalue weighted by Gasteiger charge is -2.18. The molecular formula is C14H20Cl2N2O. The second-order valence-corrected chi connectivity index (χ2v) is 5.11. The molecule has 1 unspecified atom stereocenters. The van der Waals surface area contributed by atoms with Crippen molar-refractivity contribution in [1.82, 2.24) is 10.6 Å². The van der Waals surface area contributed by atoms with Crippen molar-refractivity contribution in [1.29, 1.82) is 0 Å². The van der Waals surface area contributed by atoms with Gasteiger partial charge in [-0.2, -0.15) is 0 Å². The summed E-state index contributed by atoms with van der Waals surface area (Å²) in [6.07, 6.45) is 1.40. The van der Waals surface area contributed by atoms with Crippen LogP contribution in [0.1, 0.15) is 38.3 Å². The molecular weight excluding hydrogens is 283 g/mol. The van der Waals surface area contributed by atoms with Crippen LogP contribution in [0, 0.1) is 0 Å². The third-order valence-electron chi connectivity index (χ3n) is 2.87. The van der Waals surface area contributed by atoms with Crippen molar-refractivity contribution in [3.8, 4) is 0 Å². The van der Waals surface area contributed by atoms with E-state index < -0.39 is 0 Å². The van der Waals surface area contributed by atoms with E-state index in [2.05, 4.69) is 17.6 Å². The molecule has 0 aromatic heterocycles. The van der Waals surface area contributed by atoms with E-state index in [1.807, 2.05) is 19.1 Å². The standard InChI is InChI=1S/C14H20Cl2N2O/c1-3-13(18-8-7-14(19)17-4-2)10-5-6-11(15)12(16)9-10/h5-6,9,13,18H,3-4,7-8H2,1-2H3,(H,17,19). The minimum atomic E-state index is 0.0685. The number of carbonyl (C=O) groups is 1. The molecule has 1 rings (SSSR count). The van der Waals surface area contributed by atoms with Gasteiger partial charge in [0.05, 0.1) is 10.0 Å². The van der Waals surface area contributed by atoms with Gasteiger partial charge in [-0.05, 0) is 31.0 Å². The molecule has 1 aromatic rings. The second kappa shape index (κ2) is 8.41. The largest absolute Gasteiger partial charge is 0.356 e. The first-order valence-corrected chi connectivity index (χ1v) is 7.29. The molecule has 106 valence electrons. The molecule has 0 bridgehead atoms. The Bertz CT molecular complexity index is 424. The van der Waals surface area contributed by atoms with E-state index in [-0.39, 0.29) is 11.9 Å². The molecule has 0 heterocycles. The van der Waals surface area contributed by atoms with Gasteiger partial charge >= 0.3 is 0 Å². The van der Waals surface area contributed by atoms with Crippen LogP contribution >= 0.6 is 23.2 Å². The van der Waals surface area contributed by atoms with Gasteiger partial charge in [0.2, 0.25) is 5.91 Å². The molecule has 1 amide bonds. The number of carbonyl (C=O) groups excluding carboxylic acids is 1. The lowest BCUT2D eigenvalue weighted by molar-refractivity contribution is -0.120. The number of rotatable bonds is 7. The highest BCUT2D eigenvalue weighted by molar-refractivity contribution is 6.42. The highest BCUT2D eigenvalue weighted by Crippen LogP contribution is 2.26. The SMILES string of the molecule is CCNC(=O)CCNC(CC)c1ccc(Cl)c(Cl)c1. The smallest absolute Gasteiger partial charge is 0.221 e. The first-order valence-electron chi connectivity index (χ1n) is 6.53. The van der Waals surface area contributed by atoms with Gasteiger partial charge in [-0.3, -0.25) is 4.79 Å². The summed E-state index contributed by atoms with van der Waals surface area (Å²) in [5, 5.41) is 7.25. The van der Waals surface area contributed by atoms with E-state index in [9.17, 15) is 4.79 Å². The lowest BCUT2D eigenvalue weighted by atomic mass is 10.0. The number of benzene rings is 1. The van der Waals surface area contributed by atoms with Crippen LogP contribution in [-0.4, -0.2) is 19.0 Å². The maximum absolute atomic E-state index is 11.4. The van der Waals surface area contributed by atoms with Gasteiger partial charge in [0.25, 0.3) is 0 Å². The zero-order valence-corrected chi connectivity index (χ0v) is 12.8. The Morgan fingerprint density at radius 1 is 1.26 bits per heavy atom. The Balaban J connectivity index is 2.53. The van der Waals surface area contributed by atoms with Crippen LogP contribution in [0.2, 0.25) is 10.0 Å². The average Bonchev–Trinajstić information content (AvgIpc) is 2.38. The minimum absolute atomic E-state index is 0.0685. The second-order valence-electron chi connectivity index (χ2n) is 4.29. The summed E-state index contributed by atoms with van der Waals surface area (Å²) >= 11 is 11.9. The highest BCUT2D eigenvalue weighted by Gasteiger charge is 2.11. The normalized spacial score (nSPS) is 12.2. The van der Waals surface area contributed by atoms with Crippen LogP contribution < -0.4 is 10.6 Å². The van der Waals surface area contributed by atoms with E-state index in [4.69, 9.17) is 23.2 Å². The number of amides is 1. The molecule has 0 fully saturated rings. The molecule has 0 aliphatic carbocycles. The van der Waals surface area contributed by atoms with Crippen LogP contribution in [0.5, 0.6) is 0 Å². The summed E-state index contributed by atoms with van der Waals surface area (Å²) in [5.41, 5.74) is 1.09. The van der Waals surface area contributed by atoms with Crippen molar-refractivity contribution < 1.29 is 4.79 Å². The maximum Gasteiger partial charge on any atom is 0.221 e. The minimum Gasteiger partial charge on any atom is -0.356 e. The molecule has 19 heavy (non-hydrogen) atoms. The quantitative estimate of drug-likeness (QED) is 0.808. The Morgan fingerprint density at radius 2 is 2.00 bits per heavy atom. The predicted molar refractivity (Wildman–Crippen MR) is 80.8 cm³/mol. The summed E-state index contributed by atoms with van der Waals surface area (Å²) in [6.45, 7) is 5.32. The fourth-order valence-electron chi connectivity index (χ4n) is 1.87. The van der Waals surface area contributed by atoms with Gasteiger partial charge in [0.15, 0.2) is 0 Å². The summed E-state index contributed by atoms with van der Waals surface area (Å²) in [5.74, 6) is 0.0685. The van der Waals surface area contributed by atoms with Crippen LogP contribution in [0.25, 0.3) is 0 Å². The number of hydrogen-bond acceptors (Lipinski definition) is 2. The van der Waals surface area contributed by atoms with Gasteiger partial charge in [-0.1, -0.05) is 36.2 Å².